The first-order chi connectivity index (χ1) is 9.72. The van der Waals surface area contributed by atoms with Gasteiger partial charge in [0, 0.05) is 0 Å². The standard InChI is InChI=1S/C16H16N2O2/c1-3-10-8-11(15(19)14(9-10)20-2)16-17-12-6-4-5-7-13(12)18-16/h4-9,19H,3H2,1-2H3,(H,17,18). The van der Waals surface area contributed by atoms with Crippen LogP contribution in [0.3, 0.4) is 0 Å². The third kappa shape index (κ3) is 1.99. The van der Waals surface area contributed by atoms with Crippen molar-refractivity contribution < 1.29 is 9.84 Å². The molecule has 2 N–H and O–H groups in total. The number of benzene rings is 2. The summed E-state index contributed by atoms with van der Waals surface area (Å²) in [5.74, 6) is 1.24. The molecule has 0 fully saturated rings. The molecule has 0 unspecified atom stereocenters. The lowest BCUT2D eigenvalue weighted by atomic mass is 10.1. The Morgan fingerprint density at radius 2 is 2.05 bits per heavy atom. The quantitative estimate of drug-likeness (QED) is 0.764. The number of H-pyrrole nitrogens is 1. The summed E-state index contributed by atoms with van der Waals surface area (Å²) < 4.78 is 5.23. The molecular formula is C16H16N2O2. The van der Waals surface area contributed by atoms with Crippen LogP contribution < -0.4 is 4.74 Å². The maximum Gasteiger partial charge on any atom is 0.168 e. The molecule has 1 aromatic heterocycles. The average Bonchev–Trinajstić information content (AvgIpc) is 2.91. The van der Waals surface area contributed by atoms with Crippen molar-refractivity contribution in [3.05, 3.63) is 42.0 Å². The zero-order valence-electron chi connectivity index (χ0n) is 11.5. The smallest absolute Gasteiger partial charge is 0.168 e. The van der Waals surface area contributed by atoms with Gasteiger partial charge in [0.1, 0.15) is 5.82 Å². The molecule has 4 heteroatoms. The van der Waals surface area contributed by atoms with Gasteiger partial charge >= 0.3 is 0 Å². The van der Waals surface area contributed by atoms with Gasteiger partial charge in [-0.2, -0.15) is 0 Å². The van der Waals surface area contributed by atoms with Gasteiger partial charge < -0.3 is 14.8 Å². The molecule has 2 aromatic carbocycles. The number of fused-ring (bicyclic) bond motifs is 1. The van der Waals surface area contributed by atoms with E-state index in [1.165, 1.54) is 0 Å². The van der Waals surface area contributed by atoms with Crippen LogP contribution >= 0.6 is 0 Å². The number of rotatable bonds is 3. The van der Waals surface area contributed by atoms with Crippen molar-refractivity contribution in [2.75, 3.05) is 7.11 Å². The highest BCUT2D eigenvalue weighted by Crippen LogP contribution is 2.37. The van der Waals surface area contributed by atoms with Crippen molar-refractivity contribution in [3.63, 3.8) is 0 Å². The van der Waals surface area contributed by atoms with E-state index in [2.05, 4.69) is 16.9 Å². The lowest BCUT2D eigenvalue weighted by Crippen LogP contribution is -1.91. The largest absolute Gasteiger partial charge is 0.504 e. The van der Waals surface area contributed by atoms with Gasteiger partial charge in [-0.15, -0.1) is 0 Å². The molecule has 0 aliphatic carbocycles. The van der Waals surface area contributed by atoms with Gasteiger partial charge in [0.2, 0.25) is 0 Å². The predicted octanol–water partition coefficient (Wildman–Crippen LogP) is 3.51. The van der Waals surface area contributed by atoms with Gasteiger partial charge in [-0.25, -0.2) is 4.98 Å². The minimum Gasteiger partial charge on any atom is -0.504 e. The zero-order chi connectivity index (χ0) is 14.1. The first-order valence-corrected chi connectivity index (χ1v) is 6.58. The highest BCUT2D eigenvalue weighted by atomic mass is 16.5. The summed E-state index contributed by atoms with van der Waals surface area (Å²) in [6, 6.07) is 11.6. The van der Waals surface area contributed by atoms with E-state index in [4.69, 9.17) is 4.74 Å². The summed E-state index contributed by atoms with van der Waals surface area (Å²) in [6.07, 6.45) is 0.865. The molecule has 102 valence electrons. The van der Waals surface area contributed by atoms with Gasteiger partial charge in [0.15, 0.2) is 11.5 Å². The summed E-state index contributed by atoms with van der Waals surface area (Å²) in [5.41, 5.74) is 3.58. The third-order valence-electron chi connectivity index (χ3n) is 3.41. The molecule has 1 heterocycles. The molecule has 0 aliphatic rings. The van der Waals surface area contributed by atoms with Crippen LogP contribution in [0.2, 0.25) is 0 Å². The van der Waals surface area contributed by atoms with Crippen LogP contribution in [0.5, 0.6) is 11.5 Å². The van der Waals surface area contributed by atoms with Crippen LogP contribution in [0.15, 0.2) is 36.4 Å². The second-order valence-electron chi connectivity index (χ2n) is 4.65. The van der Waals surface area contributed by atoms with Crippen molar-refractivity contribution in [2.45, 2.75) is 13.3 Å². The summed E-state index contributed by atoms with van der Waals surface area (Å²) in [4.78, 5) is 7.75. The van der Waals surface area contributed by atoms with Crippen molar-refractivity contribution in [1.82, 2.24) is 9.97 Å². The van der Waals surface area contributed by atoms with Crippen molar-refractivity contribution in [2.24, 2.45) is 0 Å². The molecule has 0 atom stereocenters. The Labute approximate surface area is 117 Å². The monoisotopic (exact) mass is 268 g/mol. The van der Waals surface area contributed by atoms with E-state index in [0.29, 0.717) is 17.1 Å². The molecule has 0 saturated carbocycles. The fourth-order valence-electron chi connectivity index (χ4n) is 2.29. The van der Waals surface area contributed by atoms with Crippen LogP contribution in [-0.2, 0) is 6.42 Å². The fourth-order valence-corrected chi connectivity index (χ4v) is 2.29. The average molecular weight is 268 g/mol. The van der Waals surface area contributed by atoms with E-state index in [1.54, 1.807) is 7.11 Å². The minimum absolute atomic E-state index is 0.115. The van der Waals surface area contributed by atoms with Gasteiger partial charge in [0.25, 0.3) is 0 Å². The Morgan fingerprint density at radius 3 is 2.75 bits per heavy atom. The fraction of sp³-hybridized carbons (Fsp3) is 0.188. The lowest BCUT2D eigenvalue weighted by molar-refractivity contribution is 0.374. The SMILES string of the molecule is CCc1cc(OC)c(O)c(-c2nc3ccccc3[nH]2)c1. The summed E-state index contributed by atoms with van der Waals surface area (Å²) in [6.45, 7) is 2.06. The number of ether oxygens (including phenoxy) is 1. The van der Waals surface area contributed by atoms with Gasteiger partial charge in [-0.05, 0) is 36.2 Å². The van der Waals surface area contributed by atoms with Crippen molar-refractivity contribution in [1.29, 1.82) is 0 Å². The Hall–Kier alpha value is -2.49. The van der Waals surface area contributed by atoms with Crippen molar-refractivity contribution in [3.8, 4) is 22.9 Å². The molecule has 0 bridgehead atoms. The number of nitrogens with one attached hydrogen (secondary N) is 1. The Morgan fingerprint density at radius 1 is 1.25 bits per heavy atom. The molecule has 0 saturated heterocycles. The first kappa shape index (κ1) is 12.5. The maximum atomic E-state index is 10.3. The molecule has 0 aliphatic heterocycles. The van der Waals surface area contributed by atoms with Gasteiger partial charge in [0.05, 0.1) is 23.7 Å². The van der Waals surface area contributed by atoms with Crippen molar-refractivity contribution >= 4 is 11.0 Å². The third-order valence-corrected chi connectivity index (χ3v) is 3.41. The molecule has 3 rings (SSSR count). The Kier molecular flexibility index (Phi) is 3.06. The first-order valence-electron chi connectivity index (χ1n) is 6.58. The minimum atomic E-state index is 0.115. The highest BCUT2D eigenvalue weighted by molar-refractivity contribution is 5.81. The van der Waals surface area contributed by atoms with Gasteiger partial charge in [-0.3, -0.25) is 0 Å². The topological polar surface area (TPSA) is 58.1 Å². The predicted molar refractivity (Wildman–Crippen MR) is 79.1 cm³/mol. The second kappa shape index (κ2) is 4.89. The van der Waals surface area contributed by atoms with Crippen LogP contribution in [0, 0.1) is 0 Å². The summed E-state index contributed by atoms with van der Waals surface area (Å²) >= 11 is 0. The summed E-state index contributed by atoms with van der Waals surface area (Å²) in [5, 5.41) is 10.3. The number of hydrogen-bond acceptors (Lipinski definition) is 3. The van der Waals surface area contributed by atoms with Crippen LogP contribution in [0.1, 0.15) is 12.5 Å². The second-order valence-corrected chi connectivity index (χ2v) is 4.65. The molecule has 0 amide bonds. The number of methoxy groups -OCH3 is 1. The number of para-hydroxylation sites is 2. The number of nitrogens with zero attached hydrogens (tertiary/aromatic N) is 1. The number of aryl methyl sites for hydroxylation is 1. The normalized spacial score (nSPS) is 10.9. The molecule has 4 nitrogen and oxygen atoms in total. The highest BCUT2D eigenvalue weighted by Gasteiger charge is 2.15. The number of aromatic hydroxyl groups is 1. The van der Waals surface area contributed by atoms with Crippen LogP contribution in [-0.4, -0.2) is 22.2 Å². The van der Waals surface area contributed by atoms with Crippen LogP contribution in [0.25, 0.3) is 22.4 Å². The Bertz CT molecular complexity index is 729. The number of aromatic nitrogens is 2. The number of hydrogen-bond donors (Lipinski definition) is 2. The van der Waals surface area contributed by atoms with E-state index in [1.807, 2.05) is 36.4 Å². The lowest BCUT2D eigenvalue weighted by Gasteiger charge is -2.09. The van der Waals surface area contributed by atoms with E-state index < -0.39 is 0 Å². The number of phenolic OH excluding ortho intramolecular Hbond substituents is 1. The van der Waals surface area contributed by atoms with E-state index in [9.17, 15) is 5.11 Å². The van der Waals surface area contributed by atoms with E-state index in [0.717, 1.165) is 23.0 Å². The Balaban J connectivity index is 2.22. The molecule has 0 spiro atoms. The number of aromatic amines is 1. The van der Waals surface area contributed by atoms with E-state index >= 15 is 0 Å². The van der Waals surface area contributed by atoms with E-state index in [-0.39, 0.29) is 5.75 Å². The number of imidazole rings is 1. The molecule has 0 radical (unpaired) electrons. The zero-order valence-corrected chi connectivity index (χ0v) is 11.5. The number of phenols is 1. The van der Waals surface area contributed by atoms with Gasteiger partial charge in [-0.1, -0.05) is 19.1 Å². The molecule has 20 heavy (non-hydrogen) atoms. The van der Waals surface area contributed by atoms with Crippen LogP contribution in [0.4, 0.5) is 0 Å². The molecular weight excluding hydrogens is 252 g/mol. The summed E-state index contributed by atoms with van der Waals surface area (Å²) in [7, 11) is 1.55. The molecule has 3 aromatic rings. The maximum absolute atomic E-state index is 10.3.